The van der Waals surface area contributed by atoms with Crippen molar-refractivity contribution < 1.29 is 4.74 Å². The minimum atomic E-state index is 1.04. The van der Waals surface area contributed by atoms with Gasteiger partial charge in [0.1, 0.15) is 0 Å². The Morgan fingerprint density at radius 3 is 3.12 bits per heavy atom. The summed E-state index contributed by atoms with van der Waals surface area (Å²) in [7, 11) is 0. The molecule has 0 aliphatic carbocycles. The van der Waals surface area contributed by atoms with Crippen molar-refractivity contribution >= 4 is 0 Å². The summed E-state index contributed by atoms with van der Waals surface area (Å²) in [6, 6.07) is 0. The molecule has 1 nitrogen and oxygen atoms in total. The SMILES string of the molecule is CCC[C]1CC=CO1. The second-order valence-electron chi connectivity index (χ2n) is 1.98. The van der Waals surface area contributed by atoms with Crippen LogP contribution in [0.4, 0.5) is 0 Å². The van der Waals surface area contributed by atoms with E-state index in [1.165, 1.54) is 12.5 Å². The summed E-state index contributed by atoms with van der Waals surface area (Å²) in [5, 5.41) is 0. The van der Waals surface area contributed by atoms with E-state index in [9.17, 15) is 0 Å². The van der Waals surface area contributed by atoms with Crippen LogP contribution in [0.3, 0.4) is 0 Å². The molecule has 1 heteroatoms. The Kier molecular flexibility index (Phi) is 1.95. The molecule has 0 aromatic rings. The molecule has 1 heterocycles. The third-order valence-corrected chi connectivity index (χ3v) is 1.21. The molecular weight excluding hydrogens is 100 g/mol. The summed E-state index contributed by atoms with van der Waals surface area (Å²) in [6.07, 6.45) is 8.38. The first-order valence-electron chi connectivity index (χ1n) is 3.10. The molecule has 0 unspecified atom stereocenters. The van der Waals surface area contributed by atoms with Gasteiger partial charge in [-0.3, -0.25) is 0 Å². The lowest BCUT2D eigenvalue weighted by Crippen LogP contribution is -1.90. The van der Waals surface area contributed by atoms with Crippen LogP contribution in [0.25, 0.3) is 0 Å². The van der Waals surface area contributed by atoms with Gasteiger partial charge in [-0.1, -0.05) is 13.3 Å². The van der Waals surface area contributed by atoms with Crippen molar-refractivity contribution in [3.63, 3.8) is 0 Å². The maximum Gasteiger partial charge on any atom is 0.151 e. The van der Waals surface area contributed by atoms with Crippen molar-refractivity contribution in [1.29, 1.82) is 0 Å². The molecule has 1 aliphatic rings. The Morgan fingerprint density at radius 1 is 1.75 bits per heavy atom. The zero-order chi connectivity index (χ0) is 5.82. The van der Waals surface area contributed by atoms with Crippen LogP contribution < -0.4 is 0 Å². The van der Waals surface area contributed by atoms with Gasteiger partial charge in [-0.05, 0) is 12.5 Å². The maximum atomic E-state index is 5.13. The second kappa shape index (κ2) is 2.75. The summed E-state index contributed by atoms with van der Waals surface area (Å²) >= 11 is 0. The van der Waals surface area contributed by atoms with Gasteiger partial charge in [0.2, 0.25) is 0 Å². The zero-order valence-electron chi connectivity index (χ0n) is 5.18. The quantitative estimate of drug-likeness (QED) is 0.531. The number of ether oxygens (including phenoxy) is 1. The summed E-state index contributed by atoms with van der Waals surface area (Å²) in [5.41, 5.74) is 0. The highest BCUT2D eigenvalue weighted by Crippen LogP contribution is 2.21. The van der Waals surface area contributed by atoms with E-state index >= 15 is 0 Å². The van der Waals surface area contributed by atoms with Gasteiger partial charge >= 0.3 is 0 Å². The Balaban J connectivity index is 2.10. The minimum Gasteiger partial charge on any atom is -0.491 e. The van der Waals surface area contributed by atoms with Crippen molar-refractivity contribution in [3.8, 4) is 0 Å². The highest BCUT2D eigenvalue weighted by atomic mass is 16.5. The van der Waals surface area contributed by atoms with E-state index in [1.807, 2.05) is 6.08 Å². The van der Waals surface area contributed by atoms with Crippen LogP contribution in [0.2, 0.25) is 0 Å². The summed E-state index contributed by atoms with van der Waals surface area (Å²) in [4.78, 5) is 0. The van der Waals surface area contributed by atoms with Crippen molar-refractivity contribution in [3.05, 3.63) is 18.4 Å². The molecule has 0 atom stereocenters. The molecular formula is C7H11O. The molecule has 1 radical (unpaired) electrons. The van der Waals surface area contributed by atoms with Gasteiger partial charge in [-0.2, -0.15) is 0 Å². The Morgan fingerprint density at radius 2 is 2.62 bits per heavy atom. The first kappa shape index (κ1) is 5.67. The number of hydrogen-bond donors (Lipinski definition) is 0. The van der Waals surface area contributed by atoms with E-state index in [0.717, 1.165) is 12.8 Å². The van der Waals surface area contributed by atoms with E-state index in [-0.39, 0.29) is 0 Å². The highest BCUT2D eigenvalue weighted by molar-refractivity contribution is 4.97. The van der Waals surface area contributed by atoms with Gasteiger partial charge in [-0.15, -0.1) is 0 Å². The van der Waals surface area contributed by atoms with Crippen molar-refractivity contribution in [2.75, 3.05) is 0 Å². The molecule has 0 bridgehead atoms. The third kappa shape index (κ3) is 1.25. The van der Waals surface area contributed by atoms with Crippen LogP contribution in [0.15, 0.2) is 12.3 Å². The summed E-state index contributed by atoms with van der Waals surface area (Å²) in [5.74, 6) is 0. The van der Waals surface area contributed by atoms with Crippen LogP contribution in [-0.4, -0.2) is 0 Å². The van der Waals surface area contributed by atoms with Gasteiger partial charge in [-0.25, -0.2) is 0 Å². The highest BCUT2D eigenvalue weighted by Gasteiger charge is 2.09. The number of rotatable bonds is 2. The monoisotopic (exact) mass is 111 g/mol. The zero-order valence-corrected chi connectivity index (χ0v) is 5.18. The van der Waals surface area contributed by atoms with E-state index < -0.39 is 0 Å². The van der Waals surface area contributed by atoms with Gasteiger partial charge in [0.25, 0.3) is 0 Å². The van der Waals surface area contributed by atoms with E-state index in [0.29, 0.717) is 0 Å². The fraction of sp³-hybridized carbons (Fsp3) is 0.571. The smallest absolute Gasteiger partial charge is 0.151 e. The van der Waals surface area contributed by atoms with Crippen molar-refractivity contribution in [2.45, 2.75) is 26.2 Å². The molecule has 0 amide bonds. The lowest BCUT2D eigenvalue weighted by atomic mass is 10.2. The van der Waals surface area contributed by atoms with Crippen LogP contribution >= 0.6 is 0 Å². The van der Waals surface area contributed by atoms with Crippen LogP contribution in [0, 0.1) is 6.10 Å². The topological polar surface area (TPSA) is 9.23 Å². The molecule has 0 fully saturated rings. The van der Waals surface area contributed by atoms with Crippen LogP contribution in [0.1, 0.15) is 26.2 Å². The first-order chi connectivity index (χ1) is 3.93. The van der Waals surface area contributed by atoms with E-state index in [4.69, 9.17) is 4.74 Å². The van der Waals surface area contributed by atoms with Crippen LogP contribution in [0.5, 0.6) is 0 Å². The molecule has 0 saturated heterocycles. The minimum absolute atomic E-state index is 1.04. The average molecular weight is 111 g/mol. The van der Waals surface area contributed by atoms with Crippen molar-refractivity contribution in [1.82, 2.24) is 0 Å². The Labute approximate surface area is 50.3 Å². The van der Waals surface area contributed by atoms with Gasteiger partial charge < -0.3 is 4.74 Å². The second-order valence-corrected chi connectivity index (χ2v) is 1.98. The van der Waals surface area contributed by atoms with E-state index in [2.05, 4.69) is 6.92 Å². The normalized spacial score (nSPS) is 19.1. The van der Waals surface area contributed by atoms with E-state index in [1.54, 1.807) is 6.26 Å². The lowest BCUT2D eigenvalue weighted by Gasteiger charge is -2.04. The predicted molar refractivity (Wildman–Crippen MR) is 33.0 cm³/mol. The molecule has 0 aromatic heterocycles. The Bertz CT molecular complexity index is 78.4. The third-order valence-electron chi connectivity index (χ3n) is 1.21. The number of hydrogen-bond acceptors (Lipinski definition) is 1. The molecule has 8 heavy (non-hydrogen) atoms. The molecule has 1 rings (SSSR count). The van der Waals surface area contributed by atoms with Gasteiger partial charge in [0, 0.05) is 6.42 Å². The fourth-order valence-electron chi connectivity index (χ4n) is 0.812. The first-order valence-corrected chi connectivity index (χ1v) is 3.10. The average Bonchev–Trinajstić information content (AvgIpc) is 2.19. The van der Waals surface area contributed by atoms with Gasteiger partial charge in [0.05, 0.1) is 6.26 Å². The standard InChI is InChI=1S/C7H11O/c1-2-4-7-5-3-6-8-7/h3,6H,2,4-5H2,1H3. The summed E-state index contributed by atoms with van der Waals surface area (Å²) < 4.78 is 5.13. The molecule has 0 aromatic carbocycles. The predicted octanol–water partition coefficient (Wildman–Crippen LogP) is 2.25. The largest absolute Gasteiger partial charge is 0.491 e. The lowest BCUT2D eigenvalue weighted by molar-refractivity contribution is 0.263. The molecule has 0 spiro atoms. The molecule has 0 saturated carbocycles. The molecule has 1 aliphatic heterocycles. The Hall–Kier alpha value is -0.460. The fourth-order valence-corrected chi connectivity index (χ4v) is 0.812. The molecule has 0 N–H and O–H groups in total. The maximum absolute atomic E-state index is 5.13. The van der Waals surface area contributed by atoms with Gasteiger partial charge in [0.15, 0.2) is 6.10 Å². The van der Waals surface area contributed by atoms with Crippen LogP contribution in [-0.2, 0) is 4.74 Å². The summed E-state index contributed by atoms with van der Waals surface area (Å²) in [6.45, 7) is 2.16. The molecule has 45 valence electrons. The van der Waals surface area contributed by atoms with Crippen molar-refractivity contribution in [2.24, 2.45) is 0 Å².